The van der Waals surface area contributed by atoms with Crippen LogP contribution < -0.4 is 0 Å². The molecule has 0 fully saturated rings. The Balaban J connectivity index is 2.36. The molecule has 0 bridgehead atoms. The Morgan fingerprint density at radius 3 is 1.33 bits per heavy atom. The van der Waals surface area contributed by atoms with Gasteiger partial charge in [0.2, 0.25) is 0 Å². The Bertz CT molecular complexity index is 783. The lowest BCUT2D eigenvalue weighted by atomic mass is 9.86. The fourth-order valence-electron chi connectivity index (χ4n) is 3.97. The average Bonchev–Trinajstić information content (AvgIpc) is 2.70. The van der Waals surface area contributed by atoms with E-state index in [9.17, 15) is 0 Å². The summed E-state index contributed by atoms with van der Waals surface area (Å²) in [5.41, 5.74) is 9.38. The van der Waals surface area contributed by atoms with Crippen LogP contribution in [0.1, 0.15) is 57.0 Å². The maximum atomic E-state index is 5.25. The summed E-state index contributed by atoms with van der Waals surface area (Å²) in [5, 5.41) is 0. The Morgan fingerprint density at radius 1 is 0.556 bits per heavy atom. The van der Waals surface area contributed by atoms with Crippen molar-refractivity contribution in [3.63, 3.8) is 0 Å². The fourth-order valence-corrected chi connectivity index (χ4v) is 3.97. The van der Waals surface area contributed by atoms with Crippen molar-refractivity contribution in [2.45, 2.75) is 59.3 Å². The van der Waals surface area contributed by atoms with Gasteiger partial charge in [-0.3, -0.25) is 4.98 Å². The number of nitrogens with zero attached hydrogens (tertiary/aromatic N) is 1. The minimum atomic E-state index is 1.03. The molecule has 27 heavy (non-hydrogen) atoms. The van der Waals surface area contributed by atoms with Crippen LogP contribution in [-0.2, 0) is 19.3 Å². The van der Waals surface area contributed by atoms with E-state index in [1.54, 1.807) is 0 Å². The molecule has 0 unspecified atom stereocenters. The molecule has 3 aromatic rings. The number of hydrogen-bond acceptors (Lipinski definition) is 1. The van der Waals surface area contributed by atoms with Gasteiger partial charge in [-0.2, -0.15) is 0 Å². The van der Waals surface area contributed by atoms with Crippen LogP contribution in [0.25, 0.3) is 22.3 Å². The van der Waals surface area contributed by atoms with Crippen molar-refractivity contribution in [3.05, 3.63) is 77.6 Å². The largest absolute Gasteiger partial charge is 0.257 e. The number of pyridine rings is 1. The summed E-state index contributed by atoms with van der Waals surface area (Å²) in [6, 6.07) is 21.7. The van der Waals surface area contributed by atoms with E-state index in [-0.39, 0.29) is 0 Å². The van der Waals surface area contributed by atoms with Gasteiger partial charge in [-0.15, -0.1) is 0 Å². The van der Waals surface area contributed by atoms with Gasteiger partial charge in [0.1, 0.15) is 0 Å². The highest BCUT2D eigenvalue weighted by molar-refractivity contribution is 5.81. The van der Waals surface area contributed by atoms with Gasteiger partial charge >= 0.3 is 0 Å². The molecule has 1 heterocycles. The van der Waals surface area contributed by atoms with Gasteiger partial charge in [0, 0.05) is 22.5 Å². The summed E-state index contributed by atoms with van der Waals surface area (Å²) < 4.78 is 0. The highest BCUT2D eigenvalue weighted by Crippen LogP contribution is 2.38. The molecule has 1 nitrogen and oxygen atoms in total. The quantitative estimate of drug-likeness (QED) is 0.413. The van der Waals surface area contributed by atoms with Crippen LogP contribution in [0.2, 0.25) is 0 Å². The lowest BCUT2D eigenvalue weighted by molar-refractivity contribution is 0.821. The van der Waals surface area contributed by atoms with Crippen molar-refractivity contribution >= 4 is 0 Å². The minimum Gasteiger partial charge on any atom is -0.257 e. The van der Waals surface area contributed by atoms with Crippen LogP contribution in [0, 0.1) is 0 Å². The van der Waals surface area contributed by atoms with Crippen LogP contribution in [-0.4, -0.2) is 4.98 Å². The molecule has 1 aromatic heterocycles. The molecule has 1 heteroatoms. The Labute approximate surface area is 164 Å². The van der Waals surface area contributed by atoms with Crippen molar-refractivity contribution < 1.29 is 0 Å². The van der Waals surface area contributed by atoms with Gasteiger partial charge in [0.05, 0.1) is 0 Å². The van der Waals surface area contributed by atoms with Crippen LogP contribution >= 0.6 is 0 Å². The number of aryl methyl sites for hydroxylation is 2. The molecule has 0 saturated carbocycles. The summed E-state index contributed by atoms with van der Waals surface area (Å²) in [4.78, 5) is 5.25. The summed E-state index contributed by atoms with van der Waals surface area (Å²) in [6.45, 7) is 6.78. The third-order valence-corrected chi connectivity index (χ3v) is 5.05. The van der Waals surface area contributed by atoms with E-state index in [0.29, 0.717) is 0 Å². The SMILES string of the molecule is CCCc1nc(CCC)c(-c2ccccc2)c(CCC)c1-c1ccccc1. The van der Waals surface area contributed by atoms with Crippen molar-refractivity contribution in [2.75, 3.05) is 0 Å². The number of benzene rings is 2. The fraction of sp³-hybridized carbons (Fsp3) is 0.346. The smallest absolute Gasteiger partial charge is 0.0488 e. The van der Waals surface area contributed by atoms with E-state index < -0.39 is 0 Å². The standard InChI is InChI=1S/C26H31N/c1-4-13-22-25(20-16-9-7-10-17-20)23(14-5-2)27-24(15-6-3)26(22)21-18-11-8-12-19-21/h7-12,16-19H,4-6,13-15H2,1-3H3. The van der Waals surface area contributed by atoms with Gasteiger partial charge < -0.3 is 0 Å². The monoisotopic (exact) mass is 357 g/mol. The summed E-state index contributed by atoms with van der Waals surface area (Å²) in [6.07, 6.45) is 6.54. The molecule has 0 radical (unpaired) electrons. The normalized spacial score (nSPS) is 10.9. The molecular formula is C26H31N. The average molecular weight is 358 g/mol. The highest BCUT2D eigenvalue weighted by atomic mass is 14.7. The minimum absolute atomic E-state index is 1.03. The second kappa shape index (κ2) is 9.50. The van der Waals surface area contributed by atoms with Gasteiger partial charge in [0.25, 0.3) is 0 Å². The molecule has 0 aliphatic rings. The number of aromatic nitrogens is 1. The van der Waals surface area contributed by atoms with Gasteiger partial charge in [0.15, 0.2) is 0 Å². The molecule has 0 amide bonds. The zero-order valence-electron chi connectivity index (χ0n) is 17.0. The highest BCUT2D eigenvalue weighted by Gasteiger charge is 2.20. The topological polar surface area (TPSA) is 12.9 Å². The summed E-state index contributed by atoms with van der Waals surface area (Å²) in [7, 11) is 0. The maximum absolute atomic E-state index is 5.25. The molecule has 0 saturated heterocycles. The van der Waals surface area contributed by atoms with Crippen LogP contribution in [0.3, 0.4) is 0 Å². The molecule has 0 aliphatic carbocycles. The Morgan fingerprint density at radius 2 is 0.963 bits per heavy atom. The maximum Gasteiger partial charge on any atom is 0.0488 e. The van der Waals surface area contributed by atoms with Crippen molar-refractivity contribution in [3.8, 4) is 22.3 Å². The van der Waals surface area contributed by atoms with Crippen LogP contribution in [0.4, 0.5) is 0 Å². The first-order valence-electron chi connectivity index (χ1n) is 10.5. The van der Waals surface area contributed by atoms with Gasteiger partial charge in [-0.05, 0) is 36.0 Å². The number of rotatable bonds is 8. The zero-order valence-corrected chi connectivity index (χ0v) is 17.0. The van der Waals surface area contributed by atoms with E-state index >= 15 is 0 Å². The molecule has 0 N–H and O–H groups in total. The Hall–Kier alpha value is -2.41. The van der Waals surface area contributed by atoms with E-state index in [4.69, 9.17) is 4.98 Å². The molecule has 3 rings (SSSR count). The van der Waals surface area contributed by atoms with Crippen molar-refractivity contribution in [2.24, 2.45) is 0 Å². The molecule has 2 aromatic carbocycles. The molecule has 0 atom stereocenters. The van der Waals surface area contributed by atoms with Gasteiger partial charge in [-0.1, -0.05) is 101 Å². The van der Waals surface area contributed by atoms with Crippen molar-refractivity contribution in [1.29, 1.82) is 0 Å². The molecule has 0 aliphatic heterocycles. The van der Waals surface area contributed by atoms with E-state index in [1.165, 1.54) is 39.2 Å². The van der Waals surface area contributed by atoms with Gasteiger partial charge in [-0.25, -0.2) is 0 Å². The summed E-state index contributed by atoms with van der Waals surface area (Å²) >= 11 is 0. The predicted octanol–water partition coefficient (Wildman–Crippen LogP) is 7.27. The van der Waals surface area contributed by atoms with E-state index in [2.05, 4.69) is 81.4 Å². The first-order valence-corrected chi connectivity index (χ1v) is 10.5. The summed E-state index contributed by atoms with van der Waals surface area (Å²) in [5.74, 6) is 0. The third-order valence-electron chi connectivity index (χ3n) is 5.05. The molecule has 140 valence electrons. The van der Waals surface area contributed by atoms with Crippen molar-refractivity contribution in [1.82, 2.24) is 4.98 Å². The zero-order chi connectivity index (χ0) is 19.1. The Kier molecular flexibility index (Phi) is 6.81. The molecular weight excluding hydrogens is 326 g/mol. The first-order chi connectivity index (χ1) is 13.3. The van der Waals surface area contributed by atoms with E-state index in [0.717, 1.165) is 38.5 Å². The van der Waals surface area contributed by atoms with Crippen LogP contribution in [0.5, 0.6) is 0 Å². The second-order valence-corrected chi connectivity index (χ2v) is 7.22. The van der Waals surface area contributed by atoms with Crippen LogP contribution in [0.15, 0.2) is 60.7 Å². The third kappa shape index (κ3) is 4.30. The second-order valence-electron chi connectivity index (χ2n) is 7.22. The lowest BCUT2D eigenvalue weighted by Crippen LogP contribution is -2.08. The first kappa shape index (κ1) is 19.4. The molecule has 0 spiro atoms. The predicted molar refractivity (Wildman–Crippen MR) is 117 cm³/mol. The lowest BCUT2D eigenvalue weighted by Gasteiger charge is -2.22. The number of hydrogen-bond donors (Lipinski definition) is 0. The van der Waals surface area contributed by atoms with E-state index in [1.807, 2.05) is 0 Å².